The minimum absolute atomic E-state index is 0.0201. The van der Waals surface area contributed by atoms with Crippen molar-refractivity contribution < 1.29 is 9.53 Å². The molecule has 2 heterocycles. The number of morpholine rings is 1. The predicted octanol–water partition coefficient (Wildman–Crippen LogP) is 2.10. The molecule has 4 aliphatic rings. The summed E-state index contributed by atoms with van der Waals surface area (Å²) in [6, 6.07) is 8.84. The van der Waals surface area contributed by atoms with E-state index in [1.165, 1.54) is 29.6 Å². The summed E-state index contributed by atoms with van der Waals surface area (Å²) in [4.78, 5) is 15.3. The minimum atomic E-state index is 0.0201. The van der Waals surface area contributed by atoms with Crippen LogP contribution in [-0.2, 0) is 16.1 Å². The molecule has 2 saturated carbocycles. The molecule has 5 rings (SSSR count). The summed E-state index contributed by atoms with van der Waals surface area (Å²) in [5.41, 5.74) is 11.8. The molecule has 0 spiro atoms. The number of amides is 1. The highest BCUT2D eigenvalue weighted by Gasteiger charge is 2.46. The lowest BCUT2D eigenvalue weighted by molar-refractivity contribution is -0.117. The SMILES string of the molecule is NC/C(=C\NC1CC1)C1=C(C2CC2C(=O)Nc2ccc(CN3CCOCC3)cc2)CNC=C1. The van der Waals surface area contributed by atoms with Crippen molar-refractivity contribution in [2.24, 2.45) is 17.6 Å². The molecule has 1 aromatic rings. The maximum absolute atomic E-state index is 13.0. The smallest absolute Gasteiger partial charge is 0.228 e. The first kappa shape index (κ1) is 22.2. The zero-order valence-electron chi connectivity index (χ0n) is 19.2. The van der Waals surface area contributed by atoms with E-state index in [9.17, 15) is 4.79 Å². The number of rotatable bonds is 9. The van der Waals surface area contributed by atoms with Crippen LogP contribution >= 0.6 is 0 Å². The fraction of sp³-hybridized carbons (Fsp3) is 0.500. The van der Waals surface area contributed by atoms with Gasteiger partial charge in [0.25, 0.3) is 0 Å². The molecule has 33 heavy (non-hydrogen) atoms. The van der Waals surface area contributed by atoms with Crippen molar-refractivity contribution in [2.45, 2.75) is 31.8 Å². The maximum atomic E-state index is 13.0. The lowest BCUT2D eigenvalue weighted by Gasteiger charge is -2.26. The predicted molar refractivity (Wildman–Crippen MR) is 130 cm³/mol. The Morgan fingerprint density at radius 2 is 2.00 bits per heavy atom. The molecule has 1 aromatic carbocycles. The Balaban J connectivity index is 1.19. The van der Waals surface area contributed by atoms with Gasteiger partial charge in [-0.25, -0.2) is 0 Å². The number of anilines is 1. The van der Waals surface area contributed by atoms with Crippen molar-refractivity contribution in [3.05, 3.63) is 65.0 Å². The van der Waals surface area contributed by atoms with E-state index in [0.29, 0.717) is 12.6 Å². The van der Waals surface area contributed by atoms with Crippen LogP contribution in [0.4, 0.5) is 5.69 Å². The van der Waals surface area contributed by atoms with E-state index in [-0.39, 0.29) is 17.7 Å². The average molecular weight is 450 g/mol. The second-order valence-electron chi connectivity index (χ2n) is 9.49. The van der Waals surface area contributed by atoms with Crippen LogP contribution < -0.4 is 21.7 Å². The number of carbonyl (C=O) groups is 1. The van der Waals surface area contributed by atoms with Gasteiger partial charge in [-0.15, -0.1) is 0 Å². The molecule has 2 aliphatic heterocycles. The Labute approximate surface area is 196 Å². The maximum Gasteiger partial charge on any atom is 0.228 e. The summed E-state index contributed by atoms with van der Waals surface area (Å²) < 4.78 is 5.42. The van der Waals surface area contributed by atoms with Gasteiger partial charge < -0.3 is 26.4 Å². The van der Waals surface area contributed by atoms with E-state index in [1.807, 2.05) is 18.3 Å². The Kier molecular flexibility index (Phi) is 6.80. The number of ether oxygens (including phenoxy) is 1. The molecule has 2 aliphatic carbocycles. The summed E-state index contributed by atoms with van der Waals surface area (Å²) in [5.74, 6) is 0.400. The van der Waals surface area contributed by atoms with Crippen LogP contribution in [0.25, 0.3) is 0 Å². The third kappa shape index (κ3) is 5.66. The lowest BCUT2D eigenvalue weighted by Crippen LogP contribution is -2.35. The number of allylic oxidation sites excluding steroid dienone is 1. The van der Waals surface area contributed by atoms with Crippen LogP contribution in [-0.4, -0.2) is 56.2 Å². The number of carbonyl (C=O) groups excluding carboxylic acids is 1. The van der Waals surface area contributed by atoms with Crippen LogP contribution in [0.5, 0.6) is 0 Å². The van der Waals surface area contributed by atoms with Gasteiger partial charge in [0.1, 0.15) is 0 Å². The van der Waals surface area contributed by atoms with Crippen LogP contribution in [0.15, 0.2) is 59.5 Å². The van der Waals surface area contributed by atoms with Crippen molar-refractivity contribution in [1.82, 2.24) is 15.5 Å². The highest BCUT2D eigenvalue weighted by atomic mass is 16.5. The number of dihydropyridines is 1. The number of nitrogens with two attached hydrogens (primary N) is 1. The molecular formula is C26H35N5O2. The molecule has 2 atom stereocenters. The van der Waals surface area contributed by atoms with Gasteiger partial charge in [0.2, 0.25) is 5.91 Å². The summed E-state index contributed by atoms with van der Waals surface area (Å²) in [5, 5.41) is 9.91. The zero-order chi connectivity index (χ0) is 22.6. The van der Waals surface area contributed by atoms with E-state index >= 15 is 0 Å². The highest BCUT2D eigenvalue weighted by Crippen LogP contribution is 2.47. The van der Waals surface area contributed by atoms with Gasteiger partial charge in [0.15, 0.2) is 0 Å². The van der Waals surface area contributed by atoms with E-state index in [2.05, 4.69) is 45.3 Å². The molecular weight excluding hydrogens is 414 g/mol. The Hall–Kier alpha value is -2.61. The minimum Gasteiger partial charge on any atom is -0.388 e. The van der Waals surface area contributed by atoms with E-state index in [4.69, 9.17) is 10.5 Å². The fourth-order valence-corrected chi connectivity index (χ4v) is 4.69. The van der Waals surface area contributed by atoms with Gasteiger partial charge in [-0.1, -0.05) is 12.1 Å². The highest BCUT2D eigenvalue weighted by molar-refractivity contribution is 5.95. The van der Waals surface area contributed by atoms with Crippen LogP contribution in [0, 0.1) is 11.8 Å². The normalized spacial score (nSPS) is 25.5. The van der Waals surface area contributed by atoms with Crippen molar-refractivity contribution in [1.29, 1.82) is 0 Å². The zero-order valence-corrected chi connectivity index (χ0v) is 19.2. The number of hydrogen-bond donors (Lipinski definition) is 4. The molecule has 1 saturated heterocycles. The van der Waals surface area contributed by atoms with Gasteiger partial charge in [-0.05, 0) is 71.9 Å². The van der Waals surface area contributed by atoms with Gasteiger partial charge in [-0.3, -0.25) is 9.69 Å². The summed E-state index contributed by atoms with van der Waals surface area (Å²) in [7, 11) is 0. The third-order valence-electron chi connectivity index (χ3n) is 6.95. The molecule has 5 N–H and O–H groups in total. The second-order valence-corrected chi connectivity index (χ2v) is 9.49. The van der Waals surface area contributed by atoms with Crippen LogP contribution in [0.3, 0.4) is 0 Å². The standard InChI is InChI=1S/C26H35N5O2/c27-14-19(15-29-20-5-6-20)22-7-8-28-16-25(22)23-13-24(23)26(32)30-21-3-1-18(2-4-21)17-31-9-11-33-12-10-31/h1-4,7-8,15,20,23-24,28-29H,5-6,9-14,16-17,27H2,(H,30,32)/b19-15+. The first-order valence-electron chi connectivity index (χ1n) is 12.2. The van der Waals surface area contributed by atoms with Crippen LogP contribution in [0.1, 0.15) is 24.8 Å². The lowest BCUT2D eigenvalue weighted by atomic mass is 9.94. The largest absolute Gasteiger partial charge is 0.388 e. The molecule has 176 valence electrons. The first-order valence-corrected chi connectivity index (χ1v) is 12.2. The van der Waals surface area contributed by atoms with Crippen molar-refractivity contribution in [2.75, 3.05) is 44.7 Å². The third-order valence-corrected chi connectivity index (χ3v) is 6.95. The van der Waals surface area contributed by atoms with E-state index in [1.54, 1.807) is 0 Å². The van der Waals surface area contributed by atoms with Gasteiger partial charge in [0.05, 0.1) is 13.2 Å². The fourth-order valence-electron chi connectivity index (χ4n) is 4.69. The quantitative estimate of drug-likeness (QED) is 0.462. The van der Waals surface area contributed by atoms with E-state index < -0.39 is 0 Å². The monoisotopic (exact) mass is 449 g/mol. The Morgan fingerprint density at radius 3 is 2.73 bits per heavy atom. The van der Waals surface area contributed by atoms with Crippen molar-refractivity contribution in [3.8, 4) is 0 Å². The molecule has 0 aromatic heterocycles. The summed E-state index contributed by atoms with van der Waals surface area (Å²) >= 11 is 0. The van der Waals surface area contributed by atoms with Gasteiger partial charge >= 0.3 is 0 Å². The Morgan fingerprint density at radius 1 is 1.21 bits per heavy atom. The van der Waals surface area contributed by atoms with Crippen molar-refractivity contribution >= 4 is 11.6 Å². The van der Waals surface area contributed by atoms with Crippen molar-refractivity contribution in [3.63, 3.8) is 0 Å². The Bertz CT molecular complexity index is 942. The number of nitrogens with zero attached hydrogens (tertiary/aromatic N) is 1. The number of hydrogen-bond acceptors (Lipinski definition) is 6. The molecule has 0 radical (unpaired) electrons. The molecule has 0 bridgehead atoms. The molecule has 3 fully saturated rings. The van der Waals surface area contributed by atoms with E-state index in [0.717, 1.165) is 57.1 Å². The topological polar surface area (TPSA) is 91.6 Å². The first-order chi connectivity index (χ1) is 16.2. The molecule has 7 heteroatoms. The molecule has 7 nitrogen and oxygen atoms in total. The number of nitrogens with one attached hydrogen (secondary N) is 3. The molecule has 2 unspecified atom stereocenters. The summed E-state index contributed by atoms with van der Waals surface area (Å²) in [6.45, 7) is 5.74. The second kappa shape index (κ2) is 10.1. The number of benzene rings is 1. The average Bonchev–Trinajstić information content (AvgIpc) is 3.76. The van der Waals surface area contributed by atoms with Crippen LogP contribution in [0.2, 0.25) is 0 Å². The van der Waals surface area contributed by atoms with Gasteiger partial charge in [-0.2, -0.15) is 0 Å². The van der Waals surface area contributed by atoms with Gasteiger partial charge in [0, 0.05) is 56.6 Å². The summed E-state index contributed by atoms with van der Waals surface area (Å²) in [6.07, 6.45) is 9.52. The molecule has 1 amide bonds.